The van der Waals surface area contributed by atoms with Gasteiger partial charge < -0.3 is 19.9 Å². The number of fused-ring (bicyclic) bond motifs is 1. The Morgan fingerprint density at radius 2 is 2.12 bits per heavy atom. The van der Waals surface area contributed by atoms with E-state index >= 15 is 0 Å². The number of hydrogen-bond acceptors (Lipinski definition) is 4. The fourth-order valence-electron chi connectivity index (χ4n) is 3.42. The third kappa shape index (κ3) is 3.62. The van der Waals surface area contributed by atoms with Crippen molar-refractivity contribution in [2.45, 2.75) is 50.6 Å². The number of benzene rings is 1. The molecule has 2 aliphatic rings. The average Bonchev–Trinajstić information content (AvgIpc) is 3.41. The van der Waals surface area contributed by atoms with Gasteiger partial charge in [0.15, 0.2) is 0 Å². The molecule has 0 radical (unpaired) electrons. The van der Waals surface area contributed by atoms with E-state index < -0.39 is 0 Å². The zero-order valence-corrected chi connectivity index (χ0v) is 15.4. The molecule has 2 aromatic rings. The molecule has 1 saturated carbocycles. The number of ether oxygens (including phenoxy) is 1. The first-order valence-corrected chi connectivity index (χ1v) is 9.35. The van der Waals surface area contributed by atoms with Crippen molar-refractivity contribution in [1.29, 1.82) is 0 Å². The molecule has 8 heteroatoms. The zero-order valence-electron chi connectivity index (χ0n) is 14.7. The molecule has 1 aliphatic heterocycles. The molecule has 2 heterocycles. The normalized spacial score (nSPS) is 19.4. The molecule has 2 N–H and O–H groups in total. The molecule has 1 fully saturated rings. The molecule has 26 heavy (non-hydrogen) atoms. The van der Waals surface area contributed by atoms with Crippen molar-refractivity contribution in [3.63, 3.8) is 0 Å². The van der Waals surface area contributed by atoms with Crippen LogP contribution in [0.4, 0.5) is 10.5 Å². The second-order valence-electron chi connectivity index (χ2n) is 6.87. The number of nitrogens with zero attached hydrogens (tertiary/aromatic N) is 3. The van der Waals surface area contributed by atoms with Gasteiger partial charge in [-0.15, -0.1) is 10.2 Å². The summed E-state index contributed by atoms with van der Waals surface area (Å²) in [6, 6.07) is 4.97. The third-order valence-electron chi connectivity index (χ3n) is 4.96. The van der Waals surface area contributed by atoms with Gasteiger partial charge in [-0.3, -0.25) is 0 Å². The number of rotatable bonds is 4. The summed E-state index contributed by atoms with van der Waals surface area (Å²) in [5.41, 5.74) is 0.555. The number of aromatic nitrogens is 3. The summed E-state index contributed by atoms with van der Waals surface area (Å²) in [6.45, 7) is 0.847. The lowest BCUT2D eigenvalue weighted by Gasteiger charge is -2.18. The molecule has 7 nitrogen and oxygen atoms in total. The fourth-order valence-corrected chi connectivity index (χ4v) is 3.59. The maximum Gasteiger partial charge on any atom is 0.319 e. The highest BCUT2D eigenvalue weighted by molar-refractivity contribution is 6.31. The number of carbonyl (C=O) groups excluding carboxylic acids is 1. The lowest BCUT2D eigenvalue weighted by molar-refractivity contribution is 0.246. The van der Waals surface area contributed by atoms with Crippen LogP contribution in [0.5, 0.6) is 5.75 Å². The van der Waals surface area contributed by atoms with Crippen LogP contribution < -0.4 is 15.4 Å². The van der Waals surface area contributed by atoms with E-state index in [-0.39, 0.29) is 12.1 Å². The lowest BCUT2D eigenvalue weighted by atomic mass is 10.1. The summed E-state index contributed by atoms with van der Waals surface area (Å²) in [4.78, 5) is 12.4. The van der Waals surface area contributed by atoms with E-state index in [0.717, 1.165) is 37.5 Å². The van der Waals surface area contributed by atoms with Crippen LogP contribution >= 0.6 is 11.6 Å². The lowest BCUT2D eigenvalue weighted by Crippen LogP contribution is -2.38. The molecular formula is C18H22ClN5O2. The molecule has 1 unspecified atom stereocenters. The van der Waals surface area contributed by atoms with Crippen molar-refractivity contribution in [2.24, 2.45) is 0 Å². The Bertz CT molecular complexity index is 818. The summed E-state index contributed by atoms with van der Waals surface area (Å²) in [6.07, 6.45) is 4.96. The minimum absolute atomic E-state index is 0.0916. The smallest absolute Gasteiger partial charge is 0.319 e. The van der Waals surface area contributed by atoms with Crippen LogP contribution in [-0.2, 0) is 13.0 Å². The molecule has 1 aromatic heterocycles. The Morgan fingerprint density at radius 1 is 1.27 bits per heavy atom. The highest BCUT2D eigenvalue weighted by atomic mass is 35.5. The van der Waals surface area contributed by atoms with Crippen LogP contribution in [0.25, 0.3) is 0 Å². The highest BCUT2D eigenvalue weighted by Crippen LogP contribution is 2.39. The predicted molar refractivity (Wildman–Crippen MR) is 98.9 cm³/mol. The fraction of sp³-hybridized carbons (Fsp3) is 0.500. The Morgan fingerprint density at radius 3 is 2.88 bits per heavy atom. The number of amides is 2. The van der Waals surface area contributed by atoms with Crippen LogP contribution in [0, 0.1) is 0 Å². The number of anilines is 1. The number of halogens is 1. The van der Waals surface area contributed by atoms with Crippen LogP contribution in [0.1, 0.15) is 43.3 Å². The summed E-state index contributed by atoms with van der Waals surface area (Å²) in [7, 11) is 1.56. The van der Waals surface area contributed by atoms with Crippen LogP contribution in [-0.4, -0.2) is 33.9 Å². The minimum atomic E-state index is -0.254. The molecule has 2 amide bonds. The largest absolute Gasteiger partial charge is 0.495 e. The quantitative estimate of drug-likeness (QED) is 0.858. The standard InChI is InChI=1S/C18H22ClN5O2/c1-26-15-6-4-12(19)10-14(15)21-18(25)20-13-5-7-16-22-23-17(11-2-3-11)24(16)9-8-13/h4,6,10-11,13H,2-3,5,7-9H2,1H3,(H2,20,21,25). The molecule has 0 saturated heterocycles. The Kier molecular flexibility index (Phi) is 4.72. The topological polar surface area (TPSA) is 81.1 Å². The zero-order chi connectivity index (χ0) is 18.1. The third-order valence-corrected chi connectivity index (χ3v) is 5.20. The summed E-state index contributed by atoms with van der Waals surface area (Å²) in [5.74, 6) is 3.31. The summed E-state index contributed by atoms with van der Waals surface area (Å²) in [5, 5.41) is 15.1. The van der Waals surface area contributed by atoms with E-state index in [2.05, 4.69) is 25.4 Å². The Balaban J connectivity index is 1.37. The maximum atomic E-state index is 12.4. The molecular weight excluding hydrogens is 354 g/mol. The van der Waals surface area contributed by atoms with E-state index in [1.165, 1.54) is 12.8 Å². The average molecular weight is 376 g/mol. The predicted octanol–water partition coefficient (Wildman–Crippen LogP) is 3.34. The molecule has 138 valence electrons. The van der Waals surface area contributed by atoms with Gasteiger partial charge in [0.05, 0.1) is 12.8 Å². The number of carbonyl (C=O) groups is 1. The van der Waals surface area contributed by atoms with Crippen molar-refractivity contribution in [1.82, 2.24) is 20.1 Å². The summed E-state index contributed by atoms with van der Waals surface area (Å²) >= 11 is 6.01. The van der Waals surface area contributed by atoms with Gasteiger partial charge in [0.2, 0.25) is 0 Å². The Labute approximate surface area is 157 Å². The van der Waals surface area contributed by atoms with Gasteiger partial charge in [0.25, 0.3) is 0 Å². The van der Waals surface area contributed by atoms with Gasteiger partial charge in [0.1, 0.15) is 17.4 Å². The second kappa shape index (κ2) is 7.15. The van der Waals surface area contributed by atoms with Gasteiger partial charge in [-0.25, -0.2) is 4.79 Å². The molecule has 0 spiro atoms. The van der Waals surface area contributed by atoms with Gasteiger partial charge >= 0.3 is 6.03 Å². The van der Waals surface area contributed by atoms with E-state index in [0.29, 0.717) is 22.4 Å². The van der Waals surface area contributed by atoms with Crippen molar-refractivity contribution in [2.75, 3.05) is 12.4 Å². The maximum absolute atomic E-state index is 12.4. The van der Waals surface area contributed by atoms with Crippen molar-refractivity contribution >= 4 is 23.3 Å². The van der Waals surface area contributed by atoms with Gasteiger partial charge in [-0.05, 0) is 43.9 Å². The van der Waals surface area contributed by atoms with Gasteiger partial charge in [0, 0.05) is 29.9 Å². The van der Waals surface area contributed by atoms with Crippen molar-refractivity contribution < 1.29 is 9.53 Å². The number of aryl methyl sites for hydroxylation is 1. The van der Waals surface area contributed by atoms with E-state index in [1.807, 2.05) is 0 Å². The SMILES string of the molecule is COc1ccc(Cl)cc1NC(=O)NC1CCc2nnc(C3CC3)n2CC1. The number of nitrogens with one attached hydrogen (secondary N) is 2. The molecule has 1 atom stereocenters. The van der Waals surface area contributed by atoms with Crippen LogP contribution in [0.15, 0.2) is 18.2 Å². The summed E-state index contributed by atoms with van der Waals surface area (Å²) < 4.78 is 7.51. The molecule has 4 rings (SSSR count). The van der Waals surface area contributed by atoms with Crippen LogP contribution in [0.2, 0.25) is 5.02 Å². The second-order valence-corrected chi connectivity index (χ2v) is 7.30. The van der Waals surface area contributed by atoms with Crippen LogP contribution in [0.3, 0.4) is 0 Å². The number of methoxy groups -OCH3 is 1. The molecule has 1 aliphatic carbocycles. The van der Waals surface area contributed by atoms with E-state index in [9.17, 15) is 4.79 Å². The van der Waals surface area contributed by atoms with Gasteiger partial charge in [-0.2, -0.15) is 0 Å². The number of hydrogen-bond donors (Lipinski definition) is 2. The molecule has 0 bridgehead atoms. The van der Waals surface area contributed by atoms with Gasteiger partial charge in [-0.1, -0.05) is 11.6 Å². The molecule has 1 aromatic carbocycles. The monoisotopic (exact) mass is 375 g/mol. The van der Waals surface area contributed by atoms with Crippen molar-refractivity contribution in [3.8, 4) is 5.75 Å². The minimum Gasteiger partial charge on any atom is -0.495 e. The van der Waals surface area contributed by atoms with E-state index in [1.54, 1.807) is 25.3 Å². The Hall–Kier alpha value is -2.28. The highest BCUT2D eigenvalue weighted by Gasteiger charge is 2.31. The number of urea groups is 1. The first kappa shape index (κ1) is 17.1. The van der Waals surface area contributed by atoms with Crippen molar-refractivity contribution in [3.05, 3.63) is 34.9 Å². The van der Waals surface area contributed by atoms with E-state index in [4.69, 9.17) is 16.3 Å². The first-order chi connectivity index (χ1) is 12.6. The first-order valence-electron chi connectivity index (χ1n) is 8.97.